The number of benzene rings is 1. The van der Waals surface area contributed by atoms with E-state index in [9.17, 15) is 15.3 Å². The third-order valence-electron chi connectivity index (χ3n) is 4.58. The lowest BCUT2D eigenvalue weighted by Crippen LogP contribution is -2.16. The van der Waals surface area contributed by atoms with E-state index >= 15 is 0 Å². The van der Waals surface area contributed by atoms with Gasteiger partial charge in [0.15, 0.2) is 0 Å². The number of nitrogens with zero attached hydrogens (tertiary/aromatic N) is 1. The zero-order valence-electron chi connectivity index (χ0n) is 13.4. The maximum Gasteiger partial charge on any atom is 0.124 e. The van der Waals surface area contributed by atoms with Crippen molar-refractivity contribution in [3.63, 3.8) is 0 Å². The number of anilines is 1. The molecule has 1 unspecified atom stereocenters. The molecule has 2 heterocycles. The summed E-state index contributed by atoms with van der Waals surface area (Å²) in [5.41, 5.74) is 5.75. The van der Waals surface area contributed by atoms with Gasteiger partial charge >= 0.3 is 0 Å². The third-order valence-corrected chi connectivity index (χ3v) is 4.58. The maximum absolute atomic E-state index is 9.78. The van der Waals surface area contributed by atoms with Crippen molar-refractivity contribution >= 4 is 5.69 Å². The molecule has 1 aromatic carbocycles. The summed E-state index contributed by atoms with van der Waals surface area (Å²) in [4.78, 5) is 0. The van der Waals surface area contributed by atoms with E-state index in [0.717, 1.165) is 53.2 Å². The molecule has 1 aliphatic heterocycles. The van der Waals surface area contributed by atoms with E-state index in [0.29, 0.717) is 6.42 Å². The largest absolute Gasteiger partial charge is 0.392 e. The van der Waals surface area contributed by atoms with Crippen molar-refractivity contribution in [2.45, 2.75) is 52.2 Å². The summed E-state index contributed by atoms with van der Waals surface area (Å²) < 4.78 is 2.22. The van der Waals surface area contributed by atoms with Crippen LogP contribution in [0.3, 0.4) is 0 Å². The van der Waals surface area contributed by atoms with Gasteiger partial charge in [-0.25, -0.2) is 0 Å². The van der Waals surface area contributed by atoms with Gasteiger partial charge in [0.25, 0.3) is 0 Å². The summed E-state index contributed by atoms with van der Waals surface area (Å²) in [5.74, 6) is 0. The molecular weight excluding hydrogens is 292 g/mol. The summed E-state index contributed by atoms with van der Waals surface area (Å²) in [7, 11) is 0. The molecular formula is C18H24N2O3. The molecule has 1 atom stereocenters. The van der Waals surface area contributed by atoms with Crippen molar-refractivity contribution in [1.29, 1.82) is 0 Å². The quantitative estimate of drug-likeness (QED) is 0.616. The Labute approximate surface area is 136 Å². The van der Waals surface area contributed by atoms with E-state index in [1.54, 1.807) is 0 Å². The normalized spacial score (nSPS) is 14.8. The fraction of sp³-hybridized carbons (Fsp3) is 0.444. The van der Waals surface area contributed by atoms with Gasteiger partial charge in [0, 0.05) is 29.1 Å². The first-order chi connectivity index (χ1) is 11.2. The van der Waals surface area contributed by atoms with Crippen LogP contribution in [0.2, 0.25) is 0 Å². The Hall–Kier alpha value is -1.82. The van der Waals surface area contributed by atoms with Gasteiger partial charge < -0.3 is 25.2 Å². The summed E-state index contributed by atoms with van der Waals surface area (Å²) in [6, 6.07) is 7.85. The van der Waals surface area contributed by atoms with Crippen LogP contribution in [-0.4, -0.2) is 26.1 Å². The van der Waals surface area contributed by atoms with E-state index in [4.69, 9.17) is 0 Å². The monoisotopic (exact) mass is 316 g/mol. The molecule has 1 aliphatic rings. The second kappa shape index (κ2) is 6.74. The SMILES string of the molecule is CCC(O)Nc1ccc(-c2c(CO)c(CO)c3n2CCC3)cc1. The fourth-order valence-electron chi connectivity index (χ4n) is 3.42. The molecule has 0 bridgehead atoms. The van der Waals surface area contributed by atoms with Crippen LogP contribution in [-0.2, 0) is 26.2 Å². The molecule has 0 saturated heterocycles. The number of rotatable bonds is 6. The Morgan fingerprint density at radius 3 is 2.43 bits per heavy atom. The Morgan fingerprint density at radius 1 is 1.13 bits per heavy atom. The molecule has 0 aliphatic carbocycles. The van der Waals surface area contributed by atoms with E-state index in [2.05, 4.69) is 9.88 Å². The lowest BCUT2D eigenvalue weighted by molar-refractivity contribution is 0.199. The van der Waals surface area contributed by atoms with Crippen molar-refractivity contribution in [2.75, 3.05) is 5.32 Å². The first-order valence-corrected chi connectivity index (χ1v) is 8.19. The van der Waals surface area contributed by atoms with Gasteiger partial charge in [-0.1, -0.05) is 19.1 Å². The molecule has 0 saturated carbocycles. The predicted octanol–water partition coefficient (Wildman–Crippen LogP) is 2.23. The average molecular weight is 316 g/mol. The molecule has 5 heteroatoms. The predicted molar refractivity (Wildman–Crippen MR) is 90.0 cm³/mol. The molecule has 0 radical (unpaired) electrons. The lowest BCUT2D eigenvalue weighted by atomic mass is 10.0. The van der Waals surface area contributed by atoms with Gasteiger partial charge in [0.1, 0.15) is 6.23 Å². The van der Waals surface area contributed by atoms with Gasteiger partial charge in [-0.05, 0) is 37.0 Å². The second-order valence-corrected chi connectivity index (χ2v) is 5.97. The van der Waals surface area contributed by atoms with Gasteiger partial charge in [0.05, 0.1) is 18.9 Å². The summed E-state index contributed by atoms with van der Waals surface area (Å²) in [6.07, 6.45) is 2.12. The molecule has 23 heavy (non-hydrogen) atoms. The van der Waals surface area contributed by atoms with Crippen LogP contribution in [0.1, 0.15) is 36.6 Å². The molecule has 124 valence electrons. The van der Waals surface area contributed by atoms with E-state index in [-0.39, 0.29) is 13.2 Å². The average Bonchev–Trinajstić information content (AvgIpc) is 3.14. The first kappa shape index (κ1) is 16.1. The van der Waals surface area contributed by atoms with Crippen molar-refractivity contribution in [3.05, 3.63) is 41.1 Å². The van der Waals surface area contributed by atoms with Crippen molar-refractivity contribution in [1.82, 2.24) is 4.57 Å². The minimum atomic E-state index is -0.549. The number of fused-ring (bicyclic) bond motifs is 1. The smallest absolute Gasteiger partial charge is 0.124 e. The van der Waals surface area contributed by atoms with Crippen molar-refractivity contribution in [2.24, 2.45) is 0 Å². The van der Waals surface area contributed by atoms with E-state index in [1.165, 1.54) is 0 Å². The van der Waals surface area contributed by atoms with Crippen molar-refractivity contribution < 1.29 is 15.3 Å². The highest BCUT2D eigenvalue weighted by molar-refractivity contribution is 5.70. The number of aliphatic hydroxyl groups is 3. The fourth-order valence-corrected chi connectivity index (χ4v) is 3.42. The lowest BCUT2D eigenvalue weighted by Gasteiger charge is -2.13. The zero-order valence-corrected chi connectivity index (χ0v) is 13.4. The molecule has 0 amide bonds. The molecule has 1 aromatic heterocycles. The molecule has 0 fully saturated rings. The Bertz CT molecular complexity index is 677. The Morgan fingerprint density at radius 2 is 1.83 bits per heavy atom. The molecule has 5 nitrogen and oxygen atoms in total. The van der Waals surface area contributed by atoms with E-state index < -0.39 is 6.23 Å². The number of aromatic nitrogens is 1. The zero-order chi connectivity index (χ0) is 16.4. The first-order valence-electron chi connectivity index (χ1n) is 8.19. The summed E-state index contributed by atoms with van der Waals surface area (Å²) in [6.45, 7) is 2.74. The molecule has 3 rings (SSSR count). The number of nitrogens with one attached hydrogen (secondary N) is 1. The van der Waals surface area contributed by atoms with Gasteiger partial charge in [-0.3, -0.25) is 0 Å². The molecule has 2 aromatic rings. The highest BCUT2D eigenvalue weighted by Crippen LogP contribution is 2.36. The van der Waals surface area contributed by atoms with Crippen LogP contribution in [0.4, 0.5) is 5.69 Å². The summed E-state index contributed by atoms with van der Waals surface area (Å²) in [5, 5.41) is 32.2. The topological polar surface area (TPSA) is 77.7 Å². The van der Waals surface area contributed by atoms with Crippen LogP contribution in [0.15, 0.2) is 24.3 Å². The summed E-state index contributed by atoms with van der Waals surface area (Å²) >= 11 is 0. The standard InChI is InChI=1S/C18H24N2O3/c1-2-17(23)19-13-7-5-12(6-8-13)18-15(11-22)14(10-21)16-4-3-9-20(16)18/h5-8,17,19,21-23H,2-4,9-11H2,1H3. The van der Waals surface area contributed by atoms with Crippen LogP contribution in [0, 0.1) is 0 Å². The van der Waals surface area contributed by atoms with Gasteiger partial charge in [-0.15, -0.1) is 0 Å². The molecule has 0 spiro atoms. The maximum atomic E-state index is 9.78. The van der Waals surface area contributed by atoms with E-state index in [1.807, 2.05) is 31.2 Å². The number of aliphatic hydroxyl groups excluding tert-OH is 3. The minimum Gasteiger partial charge on any atom is -0.392 e. The number of hydrogen-bond donors (Lipinski definition) is 4. The highest BCUT2D eigenvalue weighted by atomic mass is 16.3. The Kier molecular flexibility index (Phi) is 4.71. The number of hydrogen-bond acceptors (Lipinski definition) is 4. The van der Waals surface area contributed by atoms with Crippen LogP contribution in [0.25, 0.3) is 11.3 Å². The second-order valence-electron chi connectivity index (χ2n) is 5.97. The highest BCUT2D eigenvalue weighted by Gasteiger charge is 2.25. The Balaban J connectivity index is 1.99. The third kappa shape index (κ3) is 2.87. The van der Waals surface area contributed by atoms with Gasteiger partial charge in [0.2, 0.25) is 0 Å². The van der Waals surface area contributed by atoms with Crippen LogP contribution < -0.4 is 5.32 Å². The molecule has 4 N–H and O–H groups in total. The van der Waals surface area contributed by atoms with Crippen LogP contribution >= 0.6 is 0 Å². The van der Waals surface area contributed by atoms with Gasteiger partial charge in [-0.2, -0.15) is 0 Å². The minimum absolute atomic E-state index is 0.0342. The van der Waals surface area contributed by atoms with Crippen molar-refractivity contribution in [3.8, 4) is 11.3 Å². The van der Waals surface area contributed by atoms with Crippen LogP contribution in [0.5, 0.6) is 0 Å².